The van der Waals surface area contributed by atoms with Crippen LogP contribution in [0.4, 0.5) is 5.69 Å². The van der Waals surface area contributed by atoms with Crippen molar-refractivity contribution in [1.29, 1.82) is 0 Å². The van der Waals surface area contributed by atoms with Gasteiger partial charge in [-0.25, -0.2) is 0 Å². The predicted molar refractivity (Wildman–Crippen MR) is 104 cm³/mol. The molecule has 128 valence electrons. The molecule has 0 aromatic heterocycles. The maximum absolute atomic E-state index is 5.99. The van der Waals surface area contributed by atoms with Crippen molar-refractivity contribution < 1.29 is 9.47 Å². The van der Waals surface area contributed by atoms with E-state index in [2.05, 4.69) is 10.6 Å². The molecule has 0 bridgehead atoms. The summed E-state index contributed by atoms with van der Waals surface area (Å²) in [5.41, 5.74) is 1.65. The van der Waals surface area contributed by atoms with Gasteiger partial charge in [-0.1, -0.05) is 23.2 Å². The van der Waals surface area contributed by atoms with E-state index in [0.29, 0.717) is 15.2 Å². The molecule has 0 saturated carbocycles. The highest BCUT2D eigenvalue weighted by Gasteiger charge is 2.14. The molecule has 0 aliphatic carbocycles. The number of hydrogen-bond acceptors (Lipinski definition) is 3. The minimum absolute atomic E-state index is 0.0929. The lowest BCUT2D eigenvalue weighted by Gasteiger charge is -2.20. The quantitative estimate of drug-likeness (QED) is 0.705. The minimum atomic E-state index is -0.0929. The summed E-state index contributed by atoms with van der Waals surface area (Å²) in [4.78, 5) is 0. The van der Waals surface area contributed by atoms with E-state index in [1.54, 1.807) is 32.4 Å². The van der Waals surface area contributed by atoms with Gasteiger partial charge in [0.25, 0.3) is 0 Å². The van der Waals surface area contributed by atoms with Crippen LogP contribution in [-0.4, -0.2) is 19.3 Å². The molecule has 2 rings (SSSR count). The Morgan fingerprint density at radius 2 is 1.71 bits per heavy atom. The number of anilines is 1. The molecule has 4 nitrogen and oxygen atoms in total. The first kappa shape index (κ1) is 18.6. The Morgan fingerprint density at radius 1 is 1.04 bits per heavy atom. The van der Waals surface area contributed by atoms with Gasteiger partial charge < -0.3 is 20.1 Å². The van der Waals surface area contributed by atoms with Gasteiger partial charge in [0.1, 0.15) is 11.5 Å². The van der Waals surface area contributed by atoms with Crippen molar-refractivity contribution in [2.75, 3.05) is 19.5 Å². The Bertz CT molecular complexity index is 720. The van der Waals surface area contributed by atoms with Gasteiger partial charge in [-0.05, 0) is 55.5 Å². The van der Waals surface area contributed by atoms with E-state index >= 15 is 0 Å². The average Bonchev–Trinajstić information content (AvgIpc) is 2.52. The average molecular weight is 385 g/mol. The van der Waals surface area contributed by atoms with Gasteiger partial charge in [0.15, 0.2) is 5.11 Å². The van der Waals surface area contributed by atoms with Crippen LogP contribution in [0, 0.1) is 0 Å². The topological polar surface area (TPSA) is 42.5 Å². The van der Waals surface area contributed by atoms with Gasteiger partial charge in [0, 0.05) is 21.3 Å². The second-order valence-electron chi connectivity index (χ2n) is 5.09. The van der Waals surface area contributed by atoms with Crippen LogP contribution in [0.25, 0.3) is 0 Å². The molecular weight excluding hydrogens is 367 g/mol. The van der Waals surface area contributed by atoms with Crippen molar-refractivity contribution in [2.24, 2.45) is 0 Å². The smallest absolute Gasteiger partial charge is 0.171 e. The van der Waals surface area contributed by atoms with Crippen molar-refractivity contribution in [3.63, 3.8) is 0 Å². The molecule has 1 unspecified atom stereocenters. The maximum atomic E-state index is 5.99. The lowest BCUT2D eigenvalue weighted by Crippen LogP contribution is -2.31. The van der Waals surface area contributed by atoms with E-state index in [0.717, 1.165) is 22.7 Å². The van der Waals surface area contributed by atoms with E-state index in [1.807, 2.05) is 25.1 Å². The van der Waals surface area contributed by atoms with Gasteiger partial charge in [0.2, 0.25) is 0 Å². The first-order valence-corrected chi connectivity index (χ1v) is 8.35. The van der Waals surface area contributed by atoms with E-state index in [4.69, 9.17) is 44.9 Å². The third kappa shape index (κ3) is 4.90. The minimum Gasteiger partial charge on any atom is -0.497 e. The standard InChI is InChI=1S/C17H18Cl2N2O2S/c1-10(15-9-14(22-2)4-5-16(15)23-3)20-17(24)21-13-7-11(18)6-12(19)8-13/h4-10H,1-3H3,(H2,20,21,24). The normalized spacial score (nSPS) is 11.5. The fraction of sp³-hybridized carbons (Fsp3) is 0.235. The molecule has 24 heavy (non-hydrogen) atoms. The second kappa shape index (κ2) is 8.42. The Hall–Kier alpha value is -1.69. The summed E-state index contributed by atoms with van der Waals surface area (Å²) in [6.07, 6.45) is 0. The van der Waals surface area contributed by atoms with Crippen molar-refractivity contribution >= 4 is 46.2 Å². The van der Waals surface area contributed by atoms with Gasteiger partial charge in [-0.3, -0.25) is 0 Å². The molecule has 2 N–H and O–H groups in total. The first-order valence-electron chi connectivity index (χ1n) is 7.18. The molecule has 0 spiro atoms. The summed E-state index contributed by atoms with van der Waals surface area (Å²) in [7, 11) is 3.25. The lowest BCUT2D eigenvalue weighted by molar-refractivity contribution is 0.395. The van der Waals surface area contributed by atoms with E-state index in [1.165, 1.54) is 0 Å². The zero-order chi connectivity index (χ0) is 17.7. The van der Waals surface area contributed by atoms with Crippen molar-refractivity contribution in [3.05, 3.63) is 52.0 Å². The molecule has 2 aromatic rings. The Morgan fingerprint density at radius 3 is 2.29 bits per heavy atom. The molecule has 0 aliphatic heterocycles. The van der Waals surface area contributed by atoms with Gasteiger partial charge in [-0.15, -0.1) is 0 Å². The van der Waals surface area contributed by atoms with Crippen molar-refractivity contribution in [2.45, 2.75) is 13.0 Å². The first-order chi connectivity index (χ1) is 11.4. The molecule has 0 radical (unpaired) electrons. The van der Waals surface area contributed by atoms with Gasteiger partial charge in [-0.2, -0.15) is 0 Å². The highest BCUT2D eigenvalue weighted by atomic mass is 35.5. The zero-order valence-corrected chi connectivity index (χ0v) is 15.9. The van der Waals surface area contributed by atoms with Crippen LogP contribution < -0.4 is 20.1 Å². The molecular formula is C17H18Cl2N2O2S. The molecule has 0 saturated heterocycles. The van der Waals surface area contributed by atoms with E-state index in [-0.39, 0.29) is 6.04 Å². The van der Waals surface area contributed by atoms with Crippen LogP contribution in [0.5, 0.6) is 11.5 Å². The summed E-state index contributed by atoms with van der Waals surface area (Å²) in [5, 5.41) is 7.80. The molecule has 0 aliphatic rings. The van der Waals surface area contributed by atoms with Crippen molar-refractivity contribution in [3.8, 4) is 11.5 Å². The third-order valence-electron chi connectivity index (χ3n) is 3.37. The molecule has 2 aromatic carbocycles. The highest BCUT2D eigenvalue weighted by molar-refractivity contribution is 7.80. The van der Waals surface area contributed by atoms with Crippen LogP contribution in [0.15, 0.2) is 36.4 Å². The Labute approximate surface area is 157 Å². The number of methoxy groups -OCH3 is 2. The lowest BCUT2D eigenvalue weighted by atomic mass is 10.1. The molecule has 0 heterocycles. The summed E-state index contributed by atoms with van der Waals surface area (Å²) >= 11 is 17.3. The highest BCUT2D eigenvalue weighted by Crippen LogP contribution is 2.29. The fourth-order valence-corrected chi connectivity index (χ4v) is 3.07. The monoisotopic (exact) mass is 384 g/mol. The maximum Gasteiger partial charge on any atom is 0.171 e. The van der Waals surface area contributed by atoms with Crippen LogP contribution in [0.1, 0.15) is 18.5 Å². The van der Waals surface area contributed by atoms with Gasteiger partial charge >= 0.3 is 0 Å². The van der Waals surface area contributed by atoms with Crippen LogP contribution in [0.2, 0.25) is 10.0 Å². The van der Waals surface area contributed by atoms with E-state index in [9.17, 15) is 0 Å². The number of thiocarbonyl (C=S) groups is 1. The Kier molecular flexibility index (Phi) is 6.54. The van der Waals surface area contributed by atoms with Crippen LogP contribution >= 0.6 is 35.4 Å². The van der Waals surface area contributed by atoms with Crippen molar-refractivity contribution in [1.82, 2.24) is 5.32 Å². The molecule has 0 amide bonds. The Balaban J connectivity index is 2.11. The van der Waals surface area contributed by atoms with Gasteiger partial charge in [0.05, 0.1) is 20.3 Å². The van der Waals surface area contributed by atoms with Crippen LogP contribution in [-0.2, 0) is 0 Å². The number of hydrogen-bond donors (Lipinski definition) is 2. The molecule has 1 atom stereocenters. The third-order valence-corrected chi connectivity index (χ3v) is 4.03. The largest absolute Gasteiger partial charge is 0.497 e. The van der Waals surface area contributed by atoms with E-state index < -0.39 is 0 Å². The second-order valence-corrected chi connectivity index (χ2v) is 6.37. The van der Waals surface area contributed by atoms with Crippen LogP contribution in [0.3, 0.4) is 0 Å². The summed E-state index contributed by atoms with van der Waals surface area (Å²) in [6, 6.07) is 10.7. The summed E-state index contributed by atoms with van der Waals surface area (Å²) in [5.74, 6) is 1.50. The number of benzene rings is 2. The number of ether oxygens (including phenoxy) is 2. The number of halogens is 2. The summed E-state index contributed by atoms with van der Waals surface area (Å²) in [6.45, 7) is 1.98. The fourth-order valence-electron chi connectivity index (χ4n) is 2.25. The number of rotatable bonds is 5. The SMILES string of the molecule is COc1ccc(OC)c(C(C)NC(=S)Nc2cc(Cl)cc(Cl)c2)c1. The molecule has 7 heteroatoms. The summed E-state index contributed by atoms with van der Waals surface area (Å²) < 4.78 is 10.7. The molecule has 0 fully saturated rings. The zero-order valence-electron chi connectivity index (χ0n) is 13.5. The number of nitrogens with one attached hydrogen (secondary N) is 2. The predicted octanol–water partition coefficient (Wildman–Crippen LogP) is 5.06.